The van der Waals surface area contributed by atoms with Gasteiger partial charge in [0.25, 0.3) is 0 Å². The van der Waals surface area contributed by atoms with Gasteiger partial charge in [0.1, 0.15) is 18.8 Å². The van der Waals surface area contributed by atoms with Crippen molar-refractivity contribution in [2.45, 2.75) is 289 Å². The molecule has 0 radical (unpaired) electrons. The van der Waals surface area contributed by atoms with E-state index in [0.29, 0.717) is 19.3 Å². The van der Waals surface area contributed by atoms with Crippen molar-refractivity contribution in [1.29, 1.82) is 0 Å². The minimum atomic E-state index is -1.91. The number of carbonyl (C=O) groups excluding carboxylic acids is 3. The van der Waals surface area contributed by atoms with E-state index in [0.717, 1.165) is 141 Å². The minimum absolute atomic E-state index is 0.0460. The number of carbonyl (C=O) groups is 4. The first-order chi connectivity index (χ1) is 36.6. The summed E-state index contributed by atoms with van der Waals surface area (Å²) in [6.07, 6.45) is 51.5. The van der Waals surface area contributed by atoms with Crippen molar-refractivity contribution < 1.29 is 58.2 Å². The Bertz CT molecular complexity index is 1580. The van der Waals surface area contributed by atoms with Crippen molar-refractivity contribution in [2.24, 2.45) is 0 Å². The Kier molecular flexibility index (Phi) is 47.0. The van der Waals surface area contributed by atoms with Crippen LogP contribution in [-0.2, 0) is 42.9 Å². The first kappa shape index (κ1) is 69.2. The summed E-state index contributed by atoms with van der Waals surface area (Å²) in [5, 5.41) is 31.5. The summed E-state index contributed by atoms with van der Waals surface area (Å²) in [5.74, 6) is -3.15. The molecule has 0 amide bonds. The lowest BCUT2D eigenvalue weighted by Gasteiger charge is -2.40. The van der Waals surface area contributed by atoms with Crippen LogP contribution >= 0.6 is 0 Å². The molecule has 6 atom stereocenters. The maximum atomic E-state index is 13.1. The third-order valence-electron chi connectivity index (χ3n) is 13.2. The van der Waals surface area contributed by atoms with Crippen molar-refractivity contribution in [3.05, 3.63) is 72.9 Å². The highest BCUT2D eigenvalue weighted by atomic mass is 16.7. The Morgan fingerprint density at radius 3 is 1.33 bits per heavy atom. The number of carboxylic acids is 1. The fraction of sp³-hybridized carbons (Fsp3) is 0.746. The fourth-order valence-corrected chi connectivity index (χ4v) is 8.63. The summed E-state index contributed by atoms with van der Waals surface area (Å²) in [7, 11) is 0. The molecule has 75 heavy (non-hydrogen) atoms. The lowest BCUT2D eigenvalue weighted by atomic mass is 9.98. The van der Waals surface area contributed by atoms with Crippen LogP contribution in [0.2, 0.25) is 0 Å². The van der Waals surface area contributed by atoms with Crippen molar-refractivity contribution in [1.82, 2.24) is 0 Å². The second kappa shape index (κ2) is 50.9. The van der Waals surface area contributed by atoms with Crippen LogP contribution in [0.1, 0.15) is 252 Å². The van der Waals surface area contributed by atoms with Crippen LogP contribution < -0.4 is 0 Å². The molecule has 1 rings (SSSR count). The SMILES string of the molecule is CC/C=C\C/C=C\C/C=C\CCCCCCCCCC(=O)OC1C(OCC(COC(=O)CCCCCCCCC/C=C\C/C=C\CCCCC)OC(=O)CCCCCCC/C=C\CCCC)OC(C(=O)O)C(O)C1O. The molecule has 3 N–H and O–H groups in total. The van der Waals surface area contributed by atoms with Crippen molar-refractivity contribution in [3.63, 3.8) is 0 Å². The number of unbranched alkanes of at least 4 members (excludes halogenated alkanes) is 24. The second-order valence-corrected chi connectivity index (χ2v) is 20.2. The largest absolute Gasteiger partial charge is 0.479 e. The zero-order valence-corrected chi connectivity index (χ0v) is 47.3. The van der Waals surface area contributed by atoms with Crippen LogP contribution in [0.25, 0.3) is 0 Å². The zero-order chi connectivity index (χ0) is 54.7. The van der Waals surface area contributed by atoms with E-state index >= 15 is 0 Å². The summed E-state index contributed by atoms with van der Waals surface area (Å²) >= 11 is 0. The minimum Gasteiger partial charge on any atom is -0.479 e. The van der Waals surface area contributed by atoms with Crippen molar-refractivity contribution in [2.75, 3.05) is 13.2 Å². The summed E-state index contributed by atoms with van der Waals surface area (Å²) in [6.45, 7) is 5.80. The number of esters is 3. The van der Waals surface area contributed by atoms with Crippen LogP contribution in [0.3, 0.4) is 0 Å². The summed E-state index contributed by atoms with van der Waals surface area (Å²) in [4.78, 5) is 51.1. The van der Waals surface area contributed by atoms with Gasteiger partial charge in [0, 0.05) is 19.3 Å². The summed E-state index contributed by atoms with van der Waals surface area (Å²) in [6, 6.07) is 0. The number of aliphatic carboxylic acids is 1. The molecule has 430 valence electrons. The normalized spacial score (nSPS) is 18.7. The number of carboxylic acid groups (broad SMARTS) is 1. The number of aliphatic hydroxyl groups excluding tert-OH is 2. The van der Waals surface area contributed by atoms with Crippen LogP contribution in [-0.4, -0.2) is 89.2 Å². The lowest BCUT2D eigenvalue weighted by Crippen LogP contribution is -2.61. The van der Waals surface area contributed by atoms with Crippen molar-refractivity contribution in [3.8, 4) is 0 Å². The van der Waals surface area contributed by atoms with E-state index in [1.807, 2.05) is 0 Å². The van der Waals surface area contributed by atoms with E-state index < -0.39 is 67.3 Å². The van der Waals surface area contributed by atoms with E-state index in [1.54, 1.807) is 0 Å². The van der Waals surface area contributed by atoms with Gasteiger partial charge in [-0.25, -0.2) is 4.79 Å². The van der Waals surface area contributed by atoms with Crippen molar-refractivity contribution >= 4 is 23.9 Å². The predicted molar refractivity (Wildman–Crippen MR) is 303 cm³/mol. The molecule has 0 bridgehead atoms. The summed E-state index contributed by atoms with van der Waals surface area (Å²) < 4.78 is 28.4. The van der Waals surface area contributed by atoms with Gasteiger partial charge < -0.3 is 39.0 Å². The van der Waals surface area contributed by atoms with E-state index in [9.17, 15) is 34.5 Å². The standard InChI is InChI=1S/C63H106O12/c1-4-7-10-13-16-19-22-24-26-28-30-32-35-37-40-43-46-49-55(64)71-52-54(73-56(65)50-47-44-41-38-34-21-18-15-12-9-6-3)53-72-63-61(59(68)58(67)60(75-63)62(69)70)74-57(66)51-48-45-42-39-36-33-31-29-27-25-23-20-17-14-11-8-5-2/h8,11,15-20,24-27,54,58-61,63,67-68H,4-7,9-10,12-14,21-23,28-53H2,1-3H3,(H,69,70)/b11-8-,18-15-,19-16-,20-17-,26-24-,27-25-. The average Bonchev–Trinajstić information content (AvgIpc) is 3.39. The molecular formula is C63H106O12. The average molecular weight is 1060 g/mol. The van der Waals surface area contributed by atoms with E-state index in [4.69, 9.17) is 23.7 Å². The van der Waals surface area contributed by atoms with Gasteiger partial charge in [-0.05, 0) is 103 Å². The van der Waals surface area contributed by atoms with Gasteiger partial charge in [-0.15, -0.1) is 0 Å². The number of aliphatic hydroxyl groups is 2. The number of hydrogen-bond acceptors (Lipinski definition) is 11. The van der Waals surface area contributed by atoms with Gasteiger partial charge in [-0.3, -0.25) is 14.4 Å². The molecule has 1 heterocycles. The molecule has 0 saturated carbocycles. The molecule has 0 aliphatic carbocycles. The number of hydrogen-bond donors (Lipinski definition) is 3. The van der Waals surface area contributed by atoms with Crippen LogP contribution in [0, 0.1) is 0 Å². The second-order valence-electron chi connectivity index (χ2n) is 20.2. The molecule has 0 aromatic heterocycles. The molecular weight excluding hydrogens is 949 g/mol. The number of rotatable bonds is 50. The number of ether oxygens (including phenoxy) is 5. The Balaban J connectivity index is 2.67. The van der Waals surface area contributed by atoms with Gasteiger partial charge in [0.05, 0.1) is 6.61 Å². The number of allylic oxidation sites excluding steroid dienone is 12. The highest BCUT2D eigenvalue weighted by Gasteiger charge is 2.50. The van der Waals surface area contributed by atoms with Crippen LogP contribution in [0.5, 0.6) is 0 Å². The first-order valence-electron chi connectivity index (χ1n) is 29.9. The van der Waals surface area contributed by atoms with E-state index in [1.165, 1.54) is 51.4 Å². The Labute approximate surface area is 455 Å². The van der Waals surface area contributed by atoms with Crippen LogP contribution in [0.4, 0.5) is 0 Å². The molecule has 12 heteroatoms. The summed E-state index contributed by atoms with van der Waals surface area (Å²) in [5.41, 5.74) is 0. The Morgan fingerprint density at radius 2 is 0.853 bits per heavy atom. The molecule has 0 spiro atoms. The lowest BCUT2D eigenvalue weighted by molar-refractivity contribution is -0.301. The zero-order valence-electron chi connectivity index (χ0n) is 47.3. The molecule has 1 fully saturated rings. The van der Waals surface area contributed by atoms with Crippen LogP contribution in [0.15, 0.2) is 72.9 Å². The molecule has 12 nitrogen and oxygen atoms in total. The maximum Gasteiger partial charge on any atom is 0.335 e. The topological polar surface area (TPSA) is 175 Å². The fourth-order valence-electron chi connectivity index (χ4n) is 8.63. The Hall–Kier alpha value is -3.84. The third kappa shape index (κ3) is 41.0. The molecule has 0 aromatic carbocycles. The highest BCUT2D eigenvalue weighted by Crippen LogP contribution is 2.26. The molecule has 0 aromatic rings. The molecule has 1 aliphatic heterocycles. The predicted octanol–water partition coefficient (Wildman–Crippen LogP) is 15.3. The Morgan fingerprint density at radius 1 is 0.453 bits per heavy atom. The quantitative estimate of drug-likeness (QED) is 0.0228. The molecule has 6 unspecified atom stereocenters. The van der Waals surface area contributed by atoms with Gasteiger partial charge >= 0.3 is 23.9 Å². The smallest absolute Gasteiger partial charge is 0.335 e. The van der Waals surface area contributed by atoms with Gasteiger partial charge in [-0.1, -0.05) is 203 Å². The highest BCUT2D eigenvalue weighted by molar-refractivity contribution is 5.74. The van der Waals surface area contributed by atoms with E-state index in [-0.39, 0.29) is 25.9 Å². The van der Waals surface area contributed by atoms with Gasteiger partial charge in [0.2, 0.25) is 0 Å². The molecule has 1 aliphatic rings. The van der Waals surface area contributed by atoms with Gasteiger partial charge in [0.15, 0.2) is 24.6 Å². The maximum absolute atomic E-state index is 13.1. The van der Waals surface area contributed by atoms with Gasteiger partial charge in [-0.2, -0.15) is 0 Å². The monoisotopic (exact) mass is 1050 g/mol. The first-order valence-corrected chi connectivity index (χ1v) is 29.9. The molecule has 1 saturated heterocycles. The third-order valence-corrected chi connectivity index (χ3v) is 13.2. The van der Waals surface area contributed by atoms with E-state index in [2.05, 4.69) is 93.7 Å².